The first kappa shape index (κ1) is 13.8. The highest BCUT2D eigenvalue weighted by Gasteiger charge is 2.18. The Hall–Kier alpha value is -1.17. The lowest BCUT2D eigenvalue weighted by Crippen LogP contribution is -2.06. The number of carbonyl (C=O) groups is 1. The number of hydrogen-bond acceptors (Lipinski definition) is 4. The Morgan fingerprint density at radius 3 is 2.90 bits per heavy atom. The highest BCUT2D eigenvalue weighted by molar-refractivity contribution is 7.27. The van der Waals surface area contributed by atoms with Crippen molar-refractivity contribution in [3.05, 3.63) is 38.8 Å². The number of aromatic nitrogens is 2. The van der Waals surface area contributed by atoms with Gasteiger partial charge in [0.2, 0.25) is 0 Å². The average Bonchev–Trinajstić information content (AvgIpc) is 3.07. The van der Waals surface area contributed by atoms with E-state index in [1.54, 1.807) is 27.4 Å². The first-order valence-electron chi connectivity index (χ1n) is 6.30. The Bertz CT molecular complexity index is 756. The van der Waals surface area contributed by atoms with Crippen LogP contribution in [0.4, 0.5) is 0 Å². The van der Waals surface area contributed by atoms with Crippen LogP contribution in [0.5, 0.6) is 0 Å². The first-order chi connectivity index (χ1) is 9.60. The molecule has 0 atom stereocenters. The molecule has 3 aromatic rings. The molecule has 0 radical (unpaired) electrons. The zero-order valence-electron chi connectivity index (χ0n) is 11.1. The molecule has 3 heterocycles. The average molecular weight is 325 g/mol. The zero-order chi connectivity index (χ0) is 14.3. The summed E-state index contributed by atoms with van der Waals surface area (Å²) in [5.74, 6) is 0.103. The molecule has 20 heavy (non-hydrogen) atoms. The summed E-state index contributed by atoms with van der Waals surface area (Å²) in [6.45, 7) is 2.01. The molecule has 0 amide bonds. The van der Waals surface area contributed by atoms with Gasteiger partial charge in [-0.05, 0) is 23.9 Å². The van der Waals surface area contributed by atoms with Crippen molar-refractivity contribution in [3.8, 4) is 0 Å². The van der Waals surface area contributed by atoms with E-state index in [1.165, 1.54) is 9.40 Å². The molecule has 6 heteroatoms. The molecule has 104 valence electrons. The number of carbonyl (C=O) groups excluding carboxylic acids is 1. The summed E-state index contributed by atoms with van der Waals surface area (Å²) in [4.78, 5) is 13.2. The van der Waals surface area contributed by atoms with Gasteiger partial charge in [0.25, 0.3) is 0 Å². The van der Waals surface area contributed by atoms with Crippen LogP contribution in [0.2, 0.25) is 5.02 Å². The lowest BCUT2D eigenvalue weighted by molar-refractivity contribution is 0.0994. The standard InChI is InChI=1S/C14H13ClN2OS2/c1-3-8-14(15)9(17(2)16-8)6-10(18)12-7-13-11(20-12)4-5-19-13/h4-5,7H,3,6H2,1-2H3. The van der Waals surface area contributed by atoms with Gasteiger partial charge in [0, 0.05) is 16.4 Å². The van der Waals surface area contributed by atoms with Crippen LogP contribution in [0, 0.1) is 0 Å². The monoisotopic (exact) mass is 324 g/mol. The summed E-state index contributed by atoms with van der Waals surface area (Å²) < 4.78 is 4.06. The molecule has 0 aliphatic carbocycles. The van der Waals surface area contributed by atoms with Gasteiger partial charge in [-0.2, -0.15) is 5.10 Å². The number of fused-ring (bicyclic) bond motifs is 1. The molecule has 0 aliphatic rings. The number of hydrogen-bond donors (Lipinski definition) is 0. The summed E-state index contributed by atoms with van der Waals surface area (Å²) in [7, 11) is 1.83. The summed E-state index contributed by atoms with van der Waals surface area (Å²) in [5, 5.41) is 7.02. The Kier molecular flexibility index (Phi) is 3.67. The quantitative estimate of drug-likeness (QED) is 0.669. The van der Waals surface area contributed by atoms with Gasteiger partial charge in [0.1, 0.15) is 0 Å². The number of rotatable bonds is 4. The molecule has 0 spiro atoms. The number of ketones is 1. The van der Waals surface area contributed by atoms with Crippen LogP contribution in [0.1, 0.15) is 28.0 Å². The van der Waals surface area contributed by atoms with Gasteiger partial charge in [-0.1, -0.05) is 18.5 Å². The van der Waals surface area contributed by atoms with Crippen molar-refractivity contribution < 1.29 is 4.79 Å². The van der Waals surface area contributed by atoms with Crippen molar-refractivity contribution in [2.75, 3.05) is 0 Å². The Labute approximate surface area is 129 Å². The van der Waals surface area contributed by atoms with E-state index in [1.807, 2.05) is 31.5 Å². The topological polar surface area (TPSA) is 34.9 Å². The van der Waals surface area contributed by atoms with Crippen LogP contribution in [-0.4, -0.2) is 15.6 Å². The van der Waals surface area contributed by atoms with Gasteiger partial charge in [0.15, 0.2) is 5.78 Å². The van der Waals surface area contributed by atoms with Gasteiger partial charge in [-0.25, -0.2) is 0 Å². The Balaban J connectivity index is 1.89. The van der Waals surface area contributed by atoms with E-state index in [-0.39, 0.29) is 5.78 Å². The molecular formula is C14H13ClN2OS2. The van der Waals surface area contributed by atoms with Crippen LogP contribution in [0.15, 0.2) is 17.5 Å². The van der Waals surface area contributed by atoms with Gasteiger partial charge < -0.3 is 0 Å². The minimum absolute atomic E-state index is 0.103. The molecule has 0 aliphatic heterocycles. The van der Waals surface area contributed by atoms with Crippen molar-refractivity contribution >= 4 is 49.5 Å². The third-order valence-electron chi connectivity index (χ3n) is 3.25. The molecule has 3 nitrogen and oxygen atoms in total. The van der Waals surface area contributed by atoms with Gasteiger partial charge in [-0.3, -0.25) is 9.48 Å². The molecule has 3 aromatic heterocycles. The highest BCUT2D eigenvalue weighted by atomic mass is 35.5. The minimum atomic E-state index is 0.103. The molecule has 3 rings (SSSR count). The zero-order valence-corrected chi connectivity index (χ0v) is 13.5. The molecule has 0 saturated carbocycles. The second-order valence-corrected chi connectivity index (χ2v) is 6.95. The van der Waals surface area contributed by atoms with E-state index in [0.29, 0.717) is 11.4 Å². The third kappa shape index (κ3) is 2.30. The first-order valence-corrected chi connectivity index (χ1v) is 8.38. The highest BCUT2D eigenvalue weighted by Crippen LogP contribution is 2.31. The van der Waals surface area contributed by atoms with Crippen LogP contribution >= 0.6 is 34.3 Å². The summed E-state index contributed by atoms with van der Waals surface area (Å²) >= 11 is 9.49. The smallest absolute Gasteiger partial charge is 0.178 e. The predicted molar refractivity (Wildman–Crippen MR) is 85.3 cm³/mol. The van der Waals surface area contributed by atoms with Gasteiger partial charge >= 0.3 is 0 Å². The van der Waals surface area contributed by atoms with Crippen molar-refractivity contribution in [1.29, 1.82) is 0 Å². The number of nitrogens with zero attached hydrogens (tertiary/aromatic N) is 2. The fourth-order valence-corrected chi connectivity index (χ4v) is 4.56. The van der Waals surface area contributed by atoms with Crippen LogP contribution in [0.25, 0.3) is 9.40 Å². The fraction of sp³-hybridized carbons (Fsp3) is 0.286. The minimum Gasteiger partial charge on any atom is -0.293 e. The van der Waals surface area contributed by atoms with Crippen molar-refractivity contribution in [3.63, 3.8) is 0 Å². The predicted octanol–water partition coefficient (Wildman–Crippen LogP) is 4.34. The van der Waals surface area contributed by atoms with E-state index in [0.717, 1.165) is 22.7 Å². The molecule has 0 aromatic carbocycles. The number of aryl methyl sites for hydroxylation is 2. The largest absolute Gasteiger partial charge is 0.293 e. The Morgan fingerprint density at radius 1 is 1.45 bits per heavy atom. The normalized spacial score (nSPS) is 11.3. The summed E-state index contributed by atoms with van der Waals surface area (Å²) in [6.07, 6.45) is 1.08. The molecule has 0 bridgehead atoms. The van der Waals surface area contributed by atoms with E-state index in [4.69, 9.17) is 11.6 Å². The van der Waals surface area contributed by atoms with Gasteiger partial charge in [-0.15, -0.1) is 22.7 Å². The van der Waals surface area contributed by atoms with Gasteiger partial charge in [0.05, 0.1) is 27.7 Å². The maximum atomic E-state index is 12.4. The number of thiophene rings is 2. The Morgan fingerprint density at radius 2 is 2.25 bits per heavy atom. The maximum absolute atomic E-state index is 12.4. The lowest BCUT2D eigenvalue weighted by Gasteiger charge is -2.00. The fourth-order valence-electron chi connectivity index (χ4n) is 2.15. The molecule has 0 N–H and O–H groups in total. The number of halogens is 1. The van der Waals surface area contributed by atoms with E-state index in [2.05, 4.69) is 5.10 Å². The van der Waals surface area contributed by atoms with Crippen molar-refractivity contribution in [1.82, 2.24) is 9.78 Å². The van der Waals surface area contributed by atoms with E-state index in [9.17, 15) is 4.79 Å². The summed E-state index contributed by atoms with van der Waals surface area (Å²) in [6, 6.07) is 4.02. The molecule has 0 fully saturated rings. The van der Waals surface area contributed by atoms with Crippen LogP contribution in [-0.2, 0) is 19.9 Å². The lowest BCUT2D eigenvalue weighted by atomic mass is 10.1. The van der Waals surface area contributed by atoms with Crippen molar-refractivity contribution in [2.24, 2.45) is 7.05 Å². The third-order valence-corrected chi connectivity index (χ3v) is 5.82. The maximum Gasteiger partial charge on any atom is 0.178 e. The SMILES string of the molecule is CCc1nn(C)c(CC(=O)c2cc3sccc3s2)c1Cl. The molecular weight excluding hydrogens is 312 g/mol. The van der Waals surface area contributed by atoms with E-state index < -0.39 is 0 Å². The van der Waals surface area contributed by atoms with E-state index >= 15 is 0 Å². The molecule has 0 saturated heterocycles. The van der Waals surface area contributed by atoms with Crippen LogP contribution < -0.4 is 0 Å². The van der Waals surface area contributed by atoms with Crippen LogP contribution in [0.3, 0.4) is 0 Å². The second kappa shape index (κ2) is 5.31. The second-order valence-electron chi connectivity index (χ2n) is 4.54. The number of Topliss-reactive ketones (excluding diaryl/α,β-unsaturated/α-hetero) is 1. The van der Waals surface area contributed by atoms with Crippen molar-refractivity contribution in [2.45, 2.75) is 19.8 Å². The summed E-state index contributed by atoms with van der Waals surface area (Å²) in [5.41, 5.74) is 1.65. The molecule has 0 unspecified atom stereocenters.